The smallest absolute Gasteiger partial charge is 0.309 e. The fourth-order valence-electron chi connectivity index (χ4n) is 3.70. The van der Waals surface area contributed by atoms with E-state index in [0.29, 0.717) is 6.61 Å². The van der Waals surface area contributed by atoms with Crippen molar-refractivity contribution in [3.05, 3.63) is 35.4 Å². The summed E-state index contributed by atoms with van der Waals surface area (Å²) in [6, 6.07) is 8.53. The molecule has 2 rings (SSSR count). The van der Waals surface area contributed by atoms with Gasteiger partial charge in [0.05, 0.1) is 19.1 Å². The Balaban J connectivity index is 2.04. The number of ether oxygens (including phenoxy) is 1. The Hall–Kier alpha value is -2.04. The van der Waals surface area contributed by atoms with Crippen LogP contribution < -0.4 is 5.32 Å². The van der Waals surface area contributed by atoms with Gasteiger partial charge in [-0.3, -0.25) is 9.79 Å². The molecule has 5 heteroatoms. The zero-order chi connectivity index (χ0) is 19.9. The van der Waals surface area contributed by atoms with E-state index < -0.39 is 0 Å². The Morgan fingerprint density at radius 2 is 1.93 bits per heavy atom. The van der Waals surface area contributed by atoms with Crippen molar-refractivity contribution in [3.63, 3.8) is 0 Å². The predicted molar refractivity (Wildman–Crippen MR) is 111 cm³/mol. The van der Waals surface area contributed by atoms with Crippen LogP contribution in [-0.4, -0.2) is 49.6 Å². The number of aliphatic imine (C=N–C) groups is 1. The molecule has 0 amide bonds. The summed E-state index contributed by atoms with van der Waals surface area (Å²) in [6.45, 7) is 14.3. The number of carbonyl (C=O) groups excluding carboxylic acids is 1. The zero-order valence-electron chi connectivity index (χ0n) is 17.5. The van der Waals surface area contributed by atoms with E-state index in [2.05, 4.69) is 62.2 Å². The van der Waals surface area contributed by atoms with Gasteiger partial charge in [0, 0.05) is 25.0 Å². The van der Waals surface area contributed by atoms with E-state index >= 15 is 0 Å². The number of rotatable bonds is 6. The highest BCUT2D eigenvalue weighted by Crippen LogP contribution is 2.27. The van der Waals surface area contributed by atoms with Crippen LogP contribution in [0.15, 0.2) is 29.3 Å². The van der Waals surface area contributed by atoms with Gasteiger partial charge < -0.3 is 15.0 Å². The Morgan fingerprint density at radius 1 is 1.26 bits per heavy atom. The first kappa shape index (κ1) is 21.3. The second kappa shape index (κ2) is 9.77. The lowest BCUT2D eigenvalue weighted by Gasteiger charge is -2.34. The molecule has 0 radical (unpaired) electrons. The van der Waals surface area contributed by atoms with Crippen LogP contribution in [0, 0.1) is 12.8 Å². The number of nitrogens with zero attached hydrogens (tertiary/aromatic N) is 2. The number of guanidine groups is 1. The van der Waals surface area contributed by atoms with Crippen molar-refractivity contribution in [1.29, 1.82) is 0 Å². The number of piperidine rings is 1. The SMILES string of the molecule is CCNC(=NCC(C)(C)c1ccccc1C)N1CCC(C(=O)OCC)CC1. The van der Waals surface area contributed by atoms with Crippen molar-refractivity contribution in [2.75, 3.05) is 32.8 Å². The summed E-state index contributed by atoms with van der Waals surface area (Å²) in [6.07, 6.45) is 1.65. The minimum atomic E-state index is -0.0558. The van der Waals surface area contributed by atoms with E-state index in [9.17, 15) is 4.79 Å². The summed E-state index contributed by atoms with van der Waals surface area (Å²) in [5.74, 6) is 0.911. The van der Waals surface area contributed by atoms with Crippen molar-refractivity contribution in [1.82, 2.24) is 10.2 Å². The van der Waals surface area contributed by atoms with Gasteiger partial charge in [-0.15, -0.1) is 0 Å². The van der Waals surface area contributed by atoms with Crippen LogP contribution >= 0.6 is 0 Å². The fraction of sp³-hybridized carbons (Fsp3) is 0.636. The molecule has 0 bridgehead atoms. The van der Waals surface area contributed by atoms with Gasteiger partial charge >= 0.3 is 5.97 Å². The monoisotopic (exact) mass is 373 g/mol. The summed E-state index contributed by atoms with van der Waals surface area (Å²) in [7, 11) is 0. The van der Waals surface area contributed by atoms with Crippen molar-refractivity contribution in [2.45, 2.75) is 52.9 Å². The van der Waals surface area contributed by atoms with E-state index in [1.165, 1.54) is 11.1 Å². The summed E-state index contributed by atoms with van der Waals surface area (Å²) in [5.41, 5.74) is 2.61. The Kier molecular flexibility index (Phi) is 7.69. The molecular weight excluding hydrogens is 338 g/mol. The molecule has 0 aliphatic carbocycles. The second-order valence-corrected chi connectivity index (χ2v) is 7.88. The molecule has 0 saturated carbocycles. The highest BCUT2D eigenvalue weighted by Gasteiger charge is 2.28. The molecule has 1 N–H and O–H groups in total. The van der Waals surface area contributed by atoms with Gasteiger partial charge in [-0.1, -0.05) is 38.1 Å². The molecule has 0 atom stereocenters. The van der Waals surface area contributed by atoms with Gasteiger partial charge in [0.15, 0.2) is 5.96 Å². The predicted octanol–water partition coefficient (Wildman–Crippen LogP) is 3.51. The highest BCUT2D eigenvalue weighted by molar-refractivity contribution is 5.80. The lowest BCUT2D eigenvalue weighted by Crippen LogP contribution is -2.47. The quantitative estimate of drug-likeness (QED) is 0.471. The molecule has 1 aliphatic rings. The van der Waals surface area contributed by atoms with E-state index in [-0.39, 0.29) is 17.3 Å². The number of esters is 1. The highest BCUT2D eigenvalue weighted by atomic mass is 16.5. The summed E-state index contributed by atoms with van der Waals surface area (Å²) < 4.78 is 5.17. The average molecular weight is 374 g/mol. The number of hydrogen-bond donors (Lipinski definition) is 1. The lowest BCUT2D eigenvalue weighted by atomic mass is 9.82. The first-order chi connectivity index (χ1) is 12.9. The topological polar surface area (TPSA) is 53.9 Å². The van der Waals surface area contributed by atoms with E-state index in [4.69, 9.17) is 9.73 Å². The Morgan fingerprint density at radius 3 is 2.52 bits per heavy atom. The molecule has 0 spiro atoms. The molecule has 1 heterocycles. The van der Waals surface area contributed by atoms with Crippen molar-refractivity contribution >= 4 is 11.9 Å². The first-order valence-electron chi connectivity index (χ1n) is 10.1. The standard InChI is InChI=1S/C22H35N3O2/c1-6-23-21(25-14-12-18(13-15-25)20(26)27-7-2)24-16-22(4,5)19-11-9-8-10-17(19)3/h8-11,18H,6-7,12-16H2,1-5H3,(H,23,24). The van der Waals surface area contributed by atoms with Crippen LogP contribution in [-0.2, 0) is 14.9 Å². The van der Waals surface area contributed by atoms with E-state index in [1.807, 2.05) is 6.92 Å². The van der Waals surface area contributed by atoms with Crippen LogP contribution in [0.4, 0.5) is 0 Å². The van der Waals surface area contributed by atoms with Crippen LogP contribution in [0.1, 0.15) is 51.7 Å². The second-order valence-electron chi connectivity index (χ2n) is 7.88. The third-order valence-electron chi connectivity index (χ3n) is 5.25. The Bertz CT molecular complexity index is 647. The number of benzene rings is 1. The number of nitrogens with one attached hydrogen (secondary N) is 1. The van der Waals surface area contributed by atoms with Crippen molar-refractivity contribution < 1.29 is 9.53 Å². The van der Waals surface area contributed by atoms with Gasteiger partial charge in [-0.2, -0.15) is 0 Å². The molecule has 5 nitrogen and oxygen atoms in total. The largest absolute Gasteiger partial charge is 0.466 e. The molecule has 1 aromatic rings. The maximum absolute atomic E-state index is 12.0. The van der Waals surface area contributed by atoms with Crippen molar-refractivity contribution in [2.24, 2.45) is 10.9 Å². The summed E-state index contributed by atoms with van der Waals surface area (Å²) in [5, 5.41) is 3.42. The normalized spacial score (nSPS) is 16.3. The van der Waals surface area contributed by atoms with Crippen LogP contribution in [0.5, 0.6) is 0 Å². The number of hydrogen-bond acceptors (Lipinski definition) is 3. The molecule has 150 valence electrons. The molecular formula is C22H35N3O2. The van der Waals surface area contributed by atoms with E-state index in [1.54, 1.807) is 0 Å². The third kappa shape index (κ3) is 5.72. The minimum Gasteiger partial charge on any atom is -0.466 e. The summed E-state index contributed by atoms with van der Waals surface area (Å²) >= 11 is 0. The number of carbonyl (C=O) groups is 1. The molecule has 1 fully saturated rings. The minimum absolute atomic E-state index is 0.0208. The number of aryl methyl sites for hydroxylation is 1. The fourth-order valence-corrected chi connectivity index (χ4v) is 3.70. The average Bonchev–Trinajstić information content (AvgIpc) is 2.65. The molecule has 1 aromatic carbocycles. The third-order valence-corrected chi connectivity index (χ3v) is 5.25. The zero-order valence-corrected chi connectivity index (χ0v) is 17.5. The van der Waals surface area contributed by atoms with Gasteiger partial charge in [0.1, 0.15) is 0 Å². The van der Waals surface area contributed by atoms with Crippen LogP contribution in [0.25, 0.3) is 0 Å². The van der Waals surface area contributed by atoms with E-state index in [0.717, 1.165) is 45.0 Å². The van der Waals surface area contributed by atoms with Crippen molar-refractivity contribution in [3.8, 4) is 0 Å². The number of likely N-dealkylation sites (tertiary alicyclic amines) is 1. The lowest BCUT2D eigenvalue weighted by molar-refractivity contribution is -0.149. The van der Waals surface area contributed by atoms with Gasteiger partial charge in [-0.05, 0) is 44.7 Å². The van der Waals surface area contributed by atoms with Crippen LogP contribution in [0.2, 0.25) is 0 Å². The van der Waals surface area contributed by atoms with Gasteiger partial charge in [0.25, 0.3) is 0 Å². The van der Waals surface area contributed by atoms with Crippen LogP contribution in [0.3, 0.4) is 0 Å². The Labute approximate surface area is 164 Å². The molecule has 27 heavy (non-hydrogen) atoms. The van der Waals surface area contributed by atoms with Gasteiger partial charge in [0.2, 0.25) is 0 Å². The summed E-state index contributed by atoms with van der Waals surface area (Å²) in [4.78, 5) is 19.2. The molecule has 1 saturated heterocycles. The molecule has 0 aromatic heterocycles. The van der Waals surface area contributed by atoms with Gasteiger partial charge in [-0.25, -0.2) is 0 Å². The maximum Gasteiger partial charge on any atom is 0.309 e. The maximum atomic E-state index is 12.0. The molecule has 0 unspecified atom stereocenters. The first-order valence-corrected chi connectivity index (χ1v) is 10.1. The molecule has 1 aliphatic heterocycles.